The Bertz CT molecular complexity index is 388. The number of likely N-dealkylation sites (tertiary alicyclic amines) is 1. The van der Waals surface area contributed by atoms with E-state index in [1.165, 1.54) is 5.56 Å². The Morgan fingerprint density at radius 2 is 2.13 bits per heavy atom. The van der Waals surface area contributed by atoms with Gasteiger partial charge in [0.05, 0.1) is 0 Å². The highest BCUT2D eigenvalue weighted by Gasteiger charge is 2.47. The van der Waals surface area contributed by atoms with Crippen LogP contribution < -0.4 is 10.5 Å². The predicted molar refractivity (Wildman–Crippen MR) is 62.7 cm³/mol. The van der Waals surface area contributed by atoms with E-state index >= 15 is 0 Å². The molecule has 2 heterocycles. The average molecular weight is 227 g/mol. The van der Waals surface area contributed by atoms with Crippen LogP contribution in [0.25, 0.3) is 0 Å². The van der Waals surface area contributed by atoms with Crippen molar-refractivity contribution in [1.82, 2.24) is 4.90 Å². The van der Waals surface area contributed by atoms with Gasteiger partial charge in [-0.2, -0.15) is 0 Å². The van der Waals surface area contributed by atoms with Crippen molar-refractivity contribution in [2.45, 2.75) is 12.0 Å². The molecule has 0 aromatic heterocycles. The number of benzene rings is 1. The number of hydrogen-bond acceptors (Lipinski definition) is 3. The number of rotatable bonds is 0. The molecule has 1 spiro atoms. The fourth-order valence-electron chi connectivity index (χ4n) is 2.54. The number of hydrogen-bond donors (Lipinski definition) is 1. The molecule has 0 amide bonds. The second-order valence-corrected chi connectivity index (χ2v) is 4.50. The summed E-state index contributed by atoms with van der Waals surface area (Å²) in [4.78, 5) is 2.27. The zero-order chi connectivity index (χ0) is 9.76. The van der Waals surface area contributed by atoms with Crippen molar-refractivity contribution < 1.29 is 4.74 Å². The molecule has 2 aliphatic heterocycles. The van der Waals surface area contributed by atoms with Crippen LogP contribution in [-0.2, 0) is 6.42 Å². The van der Waals surface area contributed by atoms with Crippen molar-refractivity contribution in [2.24, 2.45) is 0 Å². The van der Waals surface area contributed by atoms with Gasteiger partial charge in [-0.05, 0) is 18.7 Å². The third-order valence-corrected chi connectivity index (χ3v) is 3.05. The second kappa shape index (κ2) is 3.29. The summed E-state index contributed by atoms with van der Waals surface area (Å²) >= 11 is 0. The van der Waals surface area contributed by atoms with Gasteiger partial charge >= 0.3 is 0 Å². The van der Waals surface area contributed by atoms with Gasteiger partial charge < -0.3 is 10.5 Å². The molecule has 82 valence electrons. The maximum absolute atomic E-state index is 5.96. The first kappa shape index (κ1) is 10.6. The Kier molecular flexibility index (Phi) is 2.32. The number of ether oxygens (including phenoxy) is 1. The molecule has 4 heteroatoms. The van der Waals surface area contributed by atoms with E-state index in [1.54, 1.807) is 0 Å². The molecule has 1 aromatic rings. The minimum absolute atomic E-state index is 0. The molecular weight excluding hydrogens is 212 g/mol. The van der Waals surface area contributed by atoms with Crippen molar-refractivity contribution >= 4 is 18.1 Å². The van der Waals surface area contributed by atoms with Crippen LogP contribution in [0, 0.1) is 0 Å². The molecule has 2 N–H and O–H groups in total. The summed E-state index contributed by atoms with van der Waals surface area (Å²) in [5.41, 5.74) is 7.86. The normalized spacial score (nSPS) is 21.4. The third kappa shape index (κ3) is 1.56. The van der Waals surface area contributed by atoms with Crippen LogP contribution >= 0.6 is 12.4 Å². The lowest BCUT2D eigenvalue weighted by Crippen LogP contribution is -2.62. The summed E-state index contributed by atoms with van der Waals surface area (Å²) in [6.45, 7) is 2.06. The third-order valence-electron chi connectivity index (χ3n) is 3.05. The number of nitrogens with two attached hydrogens (primary N) is 1. The molecule has 0 atom stereocenters. The summed E-state index contributed by atoms with van der Waals surface area (Å²) in [5.74, 6) is 0.984. The van der Waals surface area contributed by atoms with Crippen LogP contribution in [0.15, 0.2) is 18.2 Å². The maximum Gasteiger partial charge on any atom is 0.138 e. The molecule has 1 saturated heterocycles. The average Bonchev–Trinajstić information content (AvgIpc) is 2.41. The van der Waals surface area contributed by atoms with Crippen molar-refractivity contribution in [3.63, 3.8) is 0 Å². The first-order chi connectivity index (χ1) is 6.67. The molecule has 3 nitrogen and oxygen atoms in total. The summed E-state index contributed by atoms with van der Waals surface area (Å²) in [7, 11) is 2.12. The summed E-state index contributed by atoms with van der Waals surface area (Å²) in [6.07, 6.45) is 1.03. The van der Waals surface area contributed by atoms with Crippen LogP contribution in [-0.4, -0.2) is 30.6 Å². The van der Waals surface area contributed by atoms with E-state index in [9.17, 15) is 0 Å². The quantitative estimate of drug-likeness (QED) is 0.678. The number of nitrogen functional groups attached to an aromatic ring is 1. The first-order valence-electron chi connectivity index (χ1n) is 4.93. The molecule has 0 saturated carbocycles. The highest BCUT2D eigenvalue weighted by Crippen LogP contribution is 2.40. The molecule has 1 fully saturated rings. The molecule has 2 aliphatic rings. The topological polar surface area (TPSA) is 38.5 Å². The van der Waals surface area contributed by atoms with Gasteiger partial charge in [0.25, 0.3) is 0 Å². The lowest BCUT2D eigenvalue weighted by atomic mass is 9.90. The Balaban J connectivity index is 0.000000853. The van der Waals surface area contributed by atoms with Crippen LogP contribution in [0.3, 0.4) is 0 Å². The van der Waals surface area contributed by atoms with Crippen LogP contribution in [0.1, 0.15) is 5.56 Å². The van der Waals surface area contributed by atoms with Gasteiger partial charge in [-0.15, -0.1) is 12.4 Å². The minimum atomic E-state index is 0. The number of likely N-dealkylation sites (N-methyl/N-ethyl adjacent to an activating group) is 1. The van der Waals surface area contributed by atoms with Gasteiger partial charge in [0, 0.05) is 31.3 Å². The smallest absolute Gasteiger partial charge is 0.138 e. The van der Waals surface area contributed by atoms with Crippen LogP contribution in [0.5, 0.6) is 5.75 Å². The zero-order valence-corrected chi connectivity index (χ0v) is 9.51. The van der Waals surface area contributed by atoms with E-state index in [2.05, 4.69) is 18.0 Å². The monoisotopic (exact) mass is 226 g/mol. The summed E-state index contributed by atoms with van der Waals surface area (Å²) in [5, 5.41) is 0. The molecule has 1 aromatic carbocycles. The first-order valence-corrected chi connectivity index (χ1v) is 4.93. The van der Waals surface area contributed by atoms with Gasteiger partial charge in [-0.1, -0.05) is 6.07 Å². The molecule has 0 bridgehead atoms. The molecule has 3 rings (SSSR count). The van der Waals surface area contributed by atoms with E-state index in [0.717, 1.165) is 30.9 Å². The van der Waals surface area contributed by atoms with Crippen LogP contribution in [0.2, 0.25) is 0 Å². The molecule has 15 heavy (non-hydrogen) atoms. The van der Waals surface area contributed by atoms with E-state index in [0.29, 0.717) is 0 Å². The van der Waals surface area contributed by atoms with Crippen molar-refractivity contribution in [1.29, 1.82) is 0 Å². The maximum atomic E-state index is 5.96. The van der Waals surface area contributed by atoms with E-state index in [4.69, 9.17) is 10.5 Å². The summed E-state index contributed by atoms with van der Waals surface area (Å²) < 4.78 is 5.96. The molecule has 0 unspecified atom stereocenters. The standard InChI is InChI=1S/C11H14N2O.ClH/c1-13-6-11(7-13)5-8-2-3-9(12)4-10(8)14-11;/h2-4H,5-7,12H2,1H3;1H. The second-order valence-electron chi connectivity index (χ2n) is 4.50. The number of fused-ring (bicyclic) bond motifs is 1. The lowest BCUT2D eigenvalue weighted by Gasteiger charge is -2.44. The molecule has 0 aliphatic carbocycles. The fraction of sp³-hybridized carbons (Fsp3) is 0.455. The van der Waals surface area contributed by atoms with E-state index in [1.807, 2.05) is 12.1 Å². The highest BCUT2D eigenvalue weighted by atomic mass is 35.5. The number of halogens is 1. The van der Waals surface area contributed by atoms with Gasteiger partial charge in [0.2, 0.25) is 0 Å². The fourth-order valence-corrected chi connectivity index (χ4v) is 2.54. The van der Waals surface area contributed by atoms with Gasteiger partial charge in [0.1, 0.15) is 11.4 Å². The Labute approximate surface area is 95.6 Å². The Morgan fingerprint density at radius 1 is 1.40 bits per heavy atom. The Morgan fingerprint density at radius 3 is 2.80 bits per heavy atom. The number of nitrogens with zero attached hydrogens (tertiary/aromatic N) is 1. The number of anilines is 1. The van der Waals surface area contributed by atoms with Gasteiger partial charge in [0.15, 0.2) is 0 Å². The van der Waals surface area contributed by atoms with Gasteiger partial charge in [-0.3, -0.25) is 4.90 Å². The molecule has 0 radical (unpaired) electrons. The summed E-state index contributed by atoms with van der Waals surface area (Å²) in [6, 6.07) is 5.96. The van der Waals surface area contributed by atoms with E-state index < -0.39 is 0 Å². The zero-order valence-electron chi connectivity index (χ0n) is 8.69. The highest BCUT2D eigenvalue weighted by molar-refractivity contribution is 5.85. The van der Waals surface area contributed by atoms with Crippen LogP contribution in [0.4, 0.5) is 5.69 Å². The lowest BCUT2D eigenvalue weighted by molar-refractivity contribution is -0.0481. The van der Waals surface area contributed by atoms with E-state index in [-0.39, 0.29) is 18.0 Å². The van der Waals surface area contributed by atoms with Gasteiger partial charge in [-0.25, -0.2) is 0 Å². The predicted octanol–water partition coefficient (Wildman–Crippen LogP) is 1.31. The largest absolute Gasteiger partial charge is 0.484 e. The molecular formula is C11H15ClN2O. The van der Waals surface area contributed by atoms with Crippen molar-refractivity contribution in [2.75, 3.05) is 25.9 Å². The SMILES string of the molecule is CN1CC2(Cc3ccc(N)cc3O2)C1.Cl. The van der Waals surface area contributed by atoms with Crippen molar-refractivity contribution in [3.05, 3.63) is 23.8 Å². The minimum Gasteiger partial charge on any atom is -0.484 e. The van der Waals surface area contributed by atoms with Crippen molar-refractivity contribution in [3.8, 4) is 5.75 Å². The Hall–Kier alpha value is -0.930.